The third-order valence-electron chi connectivity index (χ3n) is 5.32. The van der Waals surface area contributed by atoms with Gasteiger partial charge in [0.05, 0.1) is 24.2 Å². The van der Waals surface area contributed by atoms with Crippen molar-refractivity contribution in [1.82, 2.24) is 19.7 Å². The molecule has 2 aromatic heterocycles. The molecule has 156 valence electrons. The molecule has 2 amide bonds. The highest BCUT2D eigenvalue weighted by Gasteiger charge is 2.25. The Kier molecular flexibility index (Phi) is 5.56. The number of amides is 2. The molecular weight excluding hydrogens is 380 g/mol. The zero-order valence-electron chi connectivity index (χ0n) is 17.5. The minimum absolute atomic E-state index is 0.0967. The van der Waals surface area contributed by atoms with Gasteiger partial charge in [-0.1, -0.05) is 12.1 Å². The first-order chi connectivity index (χ1) is 14.6. The van der Waals surface area contributed by atoms with Crippen LogP contribution in [0.15, 0.2) is 48.7 Å². The highest BCUT2D eigenvalue weighted by Crippen LogP contribution is 2.27. The standard InChI is InChI=1S/C22H26N6O2/c1-16-21(17(2)28(25-16)20-9-4-5-10-23-20)26-11-13-27(14-12-26)22(29)24-18-7-6-8-19(15-18)30-3/h4-10,15H,11-14H2,1-3H3,(H,24,29). The Hall–Kier alpha value is -3.55. The molecule has 3 heterocycles. The zero-order valence-corrected chi connectivity index (χ0v) is 17.5. The molecular formula is C22H26N6O2. The quantitative estimate of drug-likeness (QED) is 0.720. The van der Waals surface area contributed by atoms with E-state index in [0.717, 1.165) is 41.7 Å². The van der Waals surface area contributed by atoms with Crippen LogP contribution in [-0.2, 0) is 0 Å². The maximum Gasteiger partial charge on any atom is 0.321 e. The van der Waals surface area contributed by atoms with Crippen molar-refractivity contribution in [2.24, 2.45) is 0 Å². The average Bonchev–Trinajstić information content (AvgIpc) is 3.08. The lowest BCUT2D eigenvalue weighted by atomic mass is 10.2. The van der Waals surface area contributed by atoms with E-state index in [-0.39, 0.29) is 6.03 Å². The molecule has 0 atom stereocenters. The van der Waals surface area contributed by atoms with Gasteiger partial charge in [-0.05, 0) is 38.1 Å². The van der Waals surface area contributed by atoms with E-state index in [2.05, 4.69) is 27.2 Å². The highest BCUT2D eigenvalue weighted by molar-refractivity contribution is 5.89. The number of nitrogens with zero attached hydrogens (tertiary/aromatic N) is 5. The molecule has 30 heavy (non-hydrogen) atoms. The number of aromatic nitrogens is 3. The van der Waals surface area contributed by atoms with E-state index in [1.807, 2.05) is 59.0 Å². The fourth-order valence-corrected chi connectivity index (χ4v) is 3.83. The zero-order chi connectivity index (χ0) is 21.1. The lowest BCUT2D eigenvalue weighted by Gasteiger charge is -2.36. The maximum absolute atomic E-state index is 12.7. The topological polar surface area (TPSA) is 75.5 Å². The van der Waals surface area contributed by atoms with Gasteiger partial charge in [-0.3, -0.25) is 0 Å². The number of benzene rings is 1. The second-order valence-electron chi connectivity index (χ2n) is 7.26. The van der Waals surface area contributed by atoms with Crippen LogP contribution in [0.3, 0.4) is 0 Å². The number of methoxy groups -OCH3 is 1. The van der Waals surface area contributed by atoms with E-state index < -0.39 is 0 Å². The number of anilines is 2. The van der Waals surface area contributed by atoms with Gasteiger partial charge >= 0.3 is 6.03 Å². The minimum atomic E-state index is -0.0967. The molecule has 8 nitrogen and oxygen atoms in total. The first kappa shape index (κ1) is 19.8. The van der Waals surface area contributed by atoms with E-state index in [0.29, 0.717) is 18.8 Å². The van der Waals surface area contributed by atoms with Crippen molar-refractivity contribution in [2.45, 2.75) is 13.8 Å². The summed E-state index contributed by atoms with van der Waals surface area (Å²) < 4.78 is 7.10. The van der Waals surface area contributed by atoms with Gasteiger partial charge in [0.25, 0.3) is 0 Å². The number of urea groups is 1. The predicted octanol–water partition coefficient (Wildman–Crippen LogP) is 3.25. The molecule has 4 rings (SSSR count). The number of carbonyl (C=O) groups excluding carboxylic acids is 1. The van der Waals surface area contributed by atoms with Gasteiger partial charge in [0.2, 0.25) is 0 Å². The van der Waals surface area contributed by atoms with Crippen LogP contribution >= 0.6 is 0 Å². The summed E-state index contributed by atoms with van der Waals surface area (Å²) in [4.78, 5) is 21.2. The Morgan fingerprint density at radius 3 is 2.57 bits per heavy atom. The number of ether oxygens (including phenoxy) is 1. The molecule has 3 aromatic rings. The van der Waals surface area contributed by atoms with Crippen molar-refractivity contribution in [3.63, 3.8) is 0 Å². The second kappa shape index (κ2) is 8.44. The van der Waals surface area contributed by atoms with Gasteiger partial charge in [-0.25, -0.2) is 14.5 Å². The molecule has 0 saturated carbocycles. The van der Waals surface area contributed by atoms with E-state index in [1.165, 1.54) is 0 Å². The van der Waals surface area contributed by atoms with Crippen LogP contribution < -0.4 is 15.0 Å². The lowest BCUT2D eigenvalue weighted by molar-refractivity contribution is 0.208. The van der Waals surface area contributed by atoms with Crippen LogP contribution in [-0.4, -0.2) is 59.0 Å². The normalized spacial score (nSPS) is 14.0. The van der Waals surface area contributed by atoms with E-state index in [4.69, 9.17) is 4.74 Å². The number of piperazine rings is 1. The van der Waals surface area contributed by atoms with Crippen molar-refractivity contribution in [3.8, 4) is 11.6 Å². The number of carbonyl (C=O) groups is 1. The number of hydrogen-bond donors (Lipinski definition) is 1. The number of rotatable bonds is 4. The molecule has 1 aliphatic heterocycles. The predicted molar refractivity (Wildman–Crippen MR) is 117 cm³/mol. The first-order valence-corrected chi connectivity index (χ1v) is 9.99. The summed E-state index contributed by atoms with van der Waals surface area (Å²) in [5, 5.41) is 7.64. The van der Waals surface area contributed by atoms with Crippen LogP contribution in [0.4, 0.5) is 16.2 Å². The lowest BCUT2D eigenvalue weighted by Crippen LogP contribution is -2.50. The summed E-state index contributed by atoms with van der Waals surface area (Å²) in [5.41, 5.74) is 3.87. The van der Waals surface area contributed by atoms with Crippen molar-refractivity contribution >= 4 is 17.4 Å². The van der Waals surface area contributed by atoms with E-state index in [9.17, 15) is 4.79 Å². The number of aryl methyl sites for hydroxylation is 1. The Morgan fingerprint density at radius 2 is 1.87 bits per heavy atom. The van der Waals surface area contributed by atoms with Gasteiger partial charge in [-0.2, -0.15) is 5.10 Å². The minimum Gasteiger partial charge on any atom is -0.497 e. The van der Waals surface area contributed by atoms with Gasteiger partial charge in [0.1, 0.15) is 5.75 Å². The molecule has 0 spiro atoms. The summed E-state index contributed by atoms with van der Waals surface area (Å²) in [5.74, 6) is 1.52. The van der Waals surface area contributed by atoms with Crippen molar-refractivity contribution in [1.29, 1.82) is 0 Å². The van der Waals surface area contributed by atoms with Gasteiger partial charge < -0.3 is 19.9 Å². The Morgan fingerprint density at radius 1 is 1.07 bits per heavy atom. The van der Waals surface area contributed by atoms with E-state index in [1.54, 1.807) is 13.3 Å². The fraction of sp³-hybridized carbons (Fsp3) is 0.318. The second-order valence-corrected chi connectivity index (χ2v) is 7.26. The monoisotopic (exact) mass is 406 g/mol. The Bertz CT molecular complexity index is 1030. The van der Waals surface area contributed by atoms with Crippen LogP contribution in [0.2, 0.25) is 0 Å². The molecule has 0 aliphatic carbocycles. The molecule has 1 aliphatic rings. The Balaban J connectivity index is 1.42. The van der Waals surface area contributed by atoms with Crippen molar-refractivity contribution in [2.75, 3.05) is 43.5 Å². The SMILES string of the molecule is COc1cccc(NC(=O)N2CCN(c3c(C)nn(-c4ccccn4)c3C)CC2)c1. The van der Waals surface area contributed by atoms with Crippen molar-refractivity contribution in [3.05, 3.63) is 60.0 Å². The molecule has 1 fully saturated rings. The van der Waals surface area contributed by atoms with Crippen LogP contribution in [0, 0.1) is 13.8 Å². The number of pyridine rings is 1. The summed E-state index contributed by atoms with van der Waals surface area (Å²) in [7, 11) is 1.61. The largest absolute Gasteiger partial charge is 0.497 e. The van der Waals surface area contributed by atoms with E-state index >= 15 is 0 Å². The van der Waals surface area contributed by atoms with Gasteiger partial charge in [0.15, 0.2) is 5.82 Å². The van der Waals surface area contributed by atoms with Crippen LogP contribution in [0.1, 0.15) is 11.4 Å². The molecule has 0 bridgehead atoms. The van der Waals surface area contributed by atoms with Crippen LogP contribution in [0.5, 0.6) is 5.75 Å². The number of hydrogen-bond acceptors (Lipinski definition) is 5. The van der Waals surface area contributed by atoms with Crippen molar-refractivity contribution < 1.29 is 9.53 Å². The summed E-state index contributed by atoms with van der Waals surface area (Å²) in [6, 6.07) is 13.1. The maximum atomic E-state index is 12.7. The third-order valence-corrected chi connectivity index (χ3v) is 5.32. The fourth-order valence-electron chi connectivity index (χ4n) is 3.83. The summed E-state index contributed by atoms with van der Waals surface area (Å²) >= 11 is 0. The molecule has 0 unspecified atom stereocenters. The highest BCUT2D eigenvalue weighted by atomic mass is 16.5. The molecule has 8 heteroatoms. The number of nitrogens with one attached hydrogen (secondary N) is 1. The first-order valence-electron chi connectivity index (χ1n) is 9.99. The molecule has 1 N–H and O–H groups in total. The molecule has 1 aromatic carbocycles. The van der Waals surface area contributed by atoms with Gasteiger partial charge in [-0.15, -0.1) is 0 Å². The molecule has 1 saturated heterocycles. The van der Waals surface area contributed by atoms with Gasteiger partial charge in [0, 0.05) is 44.1 Å². The summed E-state index contributed by atoms with van der Waals surface area (Å²) in [6.07, 6.45) is 1.77. The Labute approximate surface area is 176 Å². The smallest absolute Gasteiger partial charge is 0.321 e. The third kappa shape index (κ3) is 3.94. The summed E-state index contributed by atoms with van der Waals surface area (Å²) in [6.45, 7) is 6.87. The molecule has 0 radical (unpaired) electrons. The average molecular weight is 406 g/mol. The van der Waals surface area contributed by atoms with Crippen LogP contribution in [0.25, 0.3) is 5.82 Å².